The summed E-state index contributed by atoms with van der Waals surface area (Å²) in [6.45, 7) is 6.45. The van der Waals surface area contributed by atoms with Crippen LogP contribution in [0.15, 0.2) is 24.3 Å². The van der Waals surface area contributed by atoms with Gasteiger partial charge in [-0.1, -0.05) is 13.0 Å². The second kappa shape index (κ2) is 8.51. The molecule has 0 aliphatic heterocycles. The van der Waals surface area contributed by atoms with Crippen LogP contribution in [-0.4, -0.2) is 24.3 Å². The Kier molecular flexibility index (Phi) is 7.84. The van der Waals surface area contributed by atoms with E-state index in [1.54, 1.807) is 6.08 Å². The van der Waals surface area contributed by atoms with Crippen molar-refractivity contribution in [3.8, 4) is 0 Å². The summed E-state index contributed by atoms with van der Waals surface area (Å²) in [7, 11) is 0. The van der Waals surface area contributed by atoms with E-state index < -0.39 is 5.97 Å². The normalized spacial score (nSPS) is 11.4. The van der Waals surface area contributed by atoms with Gasteiger partial charge in [0.15, 0.2) is 0 Å². The minimum absolute atomic E-state index is 0.382. The first-order valence-electron chi connectivity index (χ1n) is 4.83. The third-order valence-corrected chi connectivity index (χ3v) is 1.80. The van der Waals surface area contributed by atoms with Gasteiger partial charge in [-0.25, -0.2) is 4.79 Å². The number of hydrogen-bond acceptors (Lipinski definition) is 2. The summed E-state index contributed by atoms with van der Waals surface area (Å²) in [6.07, 6.45) is 5.87. The molecule has 0 aromatic heterocycles. The van der Waals surface area contributed by atoms with Gasteiger partial charge in [0.05, 0.1) is 6.61 Å². The molecule has 0 aliphatic carbocycles. The molecule has 0 aromatic carbocycles. The maximum absolute atomic E-state index is 10.6. The average Bonchev–Trinajstić information content (AvgIpc) is 2.16. The van der Waals surface area contributed by atoms with Crippen LogP contribution in [0.3, 0.4) is 0 Å². The number of unbranched alkanes of at least 4 members (excludes halogenated alkanes) is 1. The number of ether oxygens (including phenoxy) is 1. The maximum Gasteiger partial charge on any atom is 0.331 e. The molecule has 3 heteroatoms. The van der Waals surface area contributed by atoms with Crippen molar-refractivity contribution in [2.24, 2.45) is 0 Å². The zero-order valence-corrected chi connectivity index (χ0v) is 8.66. The van der Waals surface area contributed by atoms with E-state index in [2.05, 4.69) is 6.58 Å². The molecule has 0 aromatic rings. The van der Waals surface area contributed by atoms with Crippen LogP contribution in [0.25, 0.3) is 0 Å². The van der Waals surface area contributed by atoms with Gasteiger partial charge in [-0.15, -0.1) is 6.58 Å². The van der Waals surface area contributed by atoms with Crippen LogP contribution in [0.2, 0.25) is 0 Å². The Morgan fingerprint density at radius 3 is 2.79 bits per heavy atom. The Balaban J connectivity index is 3.58. The summed E-state index contributed by atoms with van der Waals surface area (Å²) in [5.41, 5.74) is 0.411. The van der Waals surface area contributed by atoms with Crippen LogP contribution in [0, 0.1) is 0 Å². The first-order valence-corrected chi connectivity index (χ1v) is 4.83. The number of aliphatic carboxylic acids is 1. The molecule has 80 valence electrons. The van der Waals surface area contributed by atoms with Crippen molar-refractivity contribution in [1.82, 2.24) is 0 Å². The predicted octanol–water partition coefficient (Wildman–Crippen LogP) is 2.39. The molecule has 3 nitrogen and oxygen atoms in total. The summed E-state index contributed by atoms with van der Waals surface area (Å²) in [4.78, 5) is 10.6. The van der Waals surface area contributed by atoms with Crippen LogP contribution >= 0.6 is 0 Å². The van der Waals surface area contributed by atoms with Crippen LogP contribution < -0.4 is 0 Å². The lowest BCUT2D eigenvalue weighted by molar-refractivity contribution is -0.132. The number of allylic oxidation sites excluding steroid dienone is 1. The highest BCUT2D eigenvalue weighted by molar-refractivity contribution is 5.86. The van der Waals surface area contributed by atoms with Crippen molar-refractivity contribution >= 4 is 5.97 Å². The van der Waals surface area contributed by atoms with Crippen molar-refractivity contribution in [1.29, 1.82) is 0 Å². The molecule has 0 fully saturated rings. The highest BCUT2D eigenvalue weighted by Crippen LogP contribution is 2.00. The van der Waals surface area contributed by atoms with Gasteiger partial charge in [0.2, 0.25) is 0 Å². The van der Waals surface area contributed by atoms with Crippen molar-refractivity contribution in [3.05, 3.63) is 24.3 Å². The van der Waals surface area contributed by atoms with E-state index in [0.717, 1.165) is 12.8 Å². The van der Waals surface area contributed by atoms with E-state index >= 15 is 0 Å². The molecule has 0 bridgehead atoms. The lowest BCUT2D eigenvalue weighted by atomic mass is 10.2. The van der Waals surface area contributed by atoms with Gasteiger partial charge < -0.3 is 9.84 Å². The van der Waals surface area contributed by atoms with Crippen LogP contribution in [-0.2, 0) is 9.53 Å². The molecule has 0 rings (SSSR count). The summed E-state index contributed by atoms with van der Waals surface area (Å²) < 4.78 is 5.23. The highest BCUT2D eigenvalue weighted by Gasteiger charge is 2.02. The Hall–Kier alpha value is -1.09. The van der Waals surface area contributed by atoms with Crippen LogP contribution in [0.1, 0.15) is 26.2 Å². The second-order valence-electron chi connectivity index (χ2n) is 2.89. The molecule has 14 heavy (non-hydrogen) atoms. The van der Waals surface area contributed by atoms with Crippen molar-refractivity contribution in [2.75, 3.05) is 13.2 Å². The third kappa shape index (κ3) is 6.43. The highest BCUT2D eigenvalue weighted by atomic mass is 16.5. The maximum atomic E-state index is 10.6. The van der Waals surface area contributed by atoms with E-state index in [9.17, 15) is 4.79 Å². The Bertz CT molecular complexity index is 207. The molecule has 1 N–H and O–H groups in total. The number of hydrogen-bond donors (Lipinski definition) is 1. The molecule has 0 saturated carbocycles. The van der Waals surface area contributed by atoms with Gasteiger partial charge in [0.1, 0.15) is 0 Å². The largest absolute Gasteiger partial charge is 0.478 e. The molecule has 0 amide bonds. The fraction of sp³-hybridized carbons (Fsp3) is 0.545. The van der Waals surface area contributed by atoms with Crippen molar-refractivity contribution in [2.45, 2.75) is 26.2 Å². The van der Waals surface area contributed by atoms with Gasteiger partial charge >= 0.3 is 5.97 Å². The van der Waals surface area contributed by atoms with Crippen LogP contribution in [0.5, 0.6) is 0 Å². The quantitative estimate of drug-likeness (QED) is 0.370. The third-order valence-electron chi connectivity index (χ3n) is 1.80. The standard InChI is InChI=1S/C11H18O3/c1-3-5-6-8-14-9-7-10(4-2)11(12)13/h3,7H,1,4-6,8-9H2,2H3,(H,12,13). The topological polar surface area (TPSA) is 46.5 Å². The molecule has 0 spiro atoms. The van der Waals surface area contributed by atoms with Crippen molar-refractivity contribution in [3.63, 3.8) is 0 Å². The molecular weight excluding hydrogens is 180 g/mol. The fourth-order valence-corrected chi connectivity index (χ4v) is 0.955. The lowest BCUT2D eigenvalue weighted by Crippen LogP contribution is -2.02. The SMILES string of the molecule is C=CCCCOCC=C(CC)C(=O)O. The summed E-state index contributed by atoms with van der Waals surface area (Å²) >= 11 is 0. The second-order valence-corrected chi connectivity index (χ2v) is 2.89. The van der Waals surface area contributed by atoms with E-state index in [1.165, 1.54) is 0 Å². The Morgan fingerprint density at radius 1 is 1.57 bits per heavy atom. The van der Waals surface area contributed by atoms with E-state index in [0.29, 0.717) is 25.2 Å². The molecule has 0 atom stereocenters. The van der Waals surface area contributed by atoms with Crippen molar-refractivity contribution < 1.29 is 14.6 Å². The molecule has 0 unspecified atom stereocenters. The Morgan fingerprint density at radius 2 is 2.29 bits per heavy atom. The Labute approximate surface area is 85.1 Å². The lowest BCUT2D eigenvalue weighted by Gasteiger charge is -2.00. The van der Waals surface area contributed by atoms with Gasteiger partial charge in [0.25, 0.3) is 0 Å². The first-order chi connectivity index (χ1) is 6.72. The minimum atomic E-state index is -0.859. The van der Waals surface area contributed by atoms with E-state index in [-0.39, 0.29) is 0 Å². The summed E-state index contributed by atoms with van der Waals surface area (Å²) in [6, 6.07) is 0. The number of carboxylic acids is 1. The number of carboxylic acid groups (broad SMARTS) is 1. The molecule has 0 saturated heterocycles. The summed E-state index contributed by atoms with van der Waals surface area (Å²) in [5.74, 6) is -0.859. The van der Waals surface area contributed by atoms with Gasteiger partial charge in [-0.3, -0.25) is 0 Å². The zero-order valence-electron chi connectivity index (χ0n) is 8.66. The van der Waals surface area contributed by atoms with Gasteiger partial charge in [-0.05, 0) is 25.3 Å². The van der Waals surface area contributed by atoms with Gasteiger partial charge in [0, 0.05) is 12.2 Å². The smallest absolute Gasteiger partial charge is 0.331 e. The average molecular weight is 198 g/mol. The minimum Gasteiger partial charge on any atom is -0.478 e. The monoisotopic (exact) mass is 198 g/mol. The molecule has 0 radical (unpaired) electrons. The molecule has 0 heterocycles. The van der Waals surface area contributed by atoms with E-state index in [4.69, 9.17) is 9.84 Å². The van der Waals surface area contributed by atoms with Gasteiger partial charge in [-0.2, -0.15) is 0 Å². The summed E-state index contributed by atoms with van der Waals surface area (Å²) in [5, 5.41) is 8.68. The first kappa shape index (κ1) is 12.9. The molecule has 0 aliphatic rings. The number of rotatable bonds is 8. The predicted molar refractivity (Wildman–Crippen MR) is 56.3 cm³/mol. The molecular formula is C11H18O3. The number of carbonyl (C=O) groups is 1. The fourth-order valence-electron chi connectivity index (χ4n) is 0.955. The van der Waals surface area contributed by atoms with E-state index in [1.807, 2.05) is 13.0 Å². The van der Waals surface area contributed by atoms with Crippen LogP contribution in [0.4, 0.5) is 0 Å². The zero-order chi connectivity index (χ0) is 10.8.